The van der Waals surface area contributed by atoms with E-state index < -0.39 is 0 Å². The summed E-state index contributed by atoms with van der Waals surface area (Å²) < 4.78 is 0. The van der Waals surface area contributed by atoms with Gasteiger partial charge in [0.25, 0.3) is 5.91 Å². The molecule has 0 radical (unpaired) electrons. The zero-order valence-corrected chi connectivity index (χ0v) is 15.4. The summed E-state index contributed by atoms with van der Waals surface area (Å²) in [4.78, 5) is 17.5. The third-order valence-electron chi connectivity index (χ3n) is 5.63. The molecule has 1 saturated heterocycles. The van der Waals surface area contributed by atoms with Crippen LogP contribution < -0.4 is 0 Å². The number of aryl methyl sites for hydroxylation is 1. The first-order valence-corrected chi connectivity index (χ1v) is 9.65. The van der Waals surface area contributed by atoms with E-state index in [1.54, 1.807) is 0 Å². The van der Waals surface area contributed by atoms with Crippen molar-refractivity contribution in [2.24, 2.45) is 0 Å². The van der Waals surface area contributed by atoms with Crippen LogP contribution in [0.25, 0.3) is 11.3 Å². The van der Waals surface area contributed by atoms with Crippen LogP contribution in [0.3, 0.4) is 0 Å². The van der Waals surface area contributed by atoms with Crippen molar-refractivity contribution < 1.29 is 4.79 Å². The Labute approximate surface area is 155 Å². The molecule has 1 amide bonds. The first kappa shape index (κ1) is 17.2. The third kappa shape index (κ3) is 3.63. The summed E-state index contributed by atoms with van der Waals surface area (Å²) in [6.07, 6.45) is 5.09. The van der Waals surface area contributed by atoms with Crippen molar-refractivity contribution in [3.8, 4) is 11.3 Å². The van der Waals surface area contributed by atoms with Gasteiger partial charge in [0.05, 0.1) is 11.4 Å². The lowest BCUT2D eigenvalue weighted by molar-refractivity contribution is 0.0749. The van der Waals surface area contributed by atoms with Crippen LogP contribution in [0.2, 0.25) is 0 Å². The molecule has 1 aromatic heterocycles. The Bertz CT molecular complexity index is 753. The van der Waals surface area contributed by atoms with Crippen molar-refractivity contribution in [2.45, 2.75) is 38.6 Å². The average molecular weight is 350 g/mol. The van der Waals surface area contributed by atoms with E-state index in [0.29, 0.717) is 0 Å². The van der Waals surface area contributed by atoms with Gasteiger partial charge in [0.1, 0.15) is 0 Å². The number of benzene rings is 1. The second kappa shape index (κ2) is 7.54. The summed E-state index contributed by atoms with van der Waals surface area (Å²) >= 11 is 0. The van der Waals surface area contributed by atoms with Crippen LogP contribution in [-0.2, 0) is 0 Å². The number of aromatic nitrogens is 2. The zero-order valence-electron chi connectivity index (χ0n) is 15.4. The quantitative estimate of drug-likeness (QED) is 0.853. The van der Waals surface area contributed by atoms with Crippen molar-refractivity contribution in [3.63, 3.8) is 0 Å². The van der Waals surface area contributed by atoms with Gasteiger partial charge >= 0.3 is 0 Å². The molecule has 26 heavy (non-hydrogen) atoms. The number of rotatable bonds is 3. The highest BCUT2D eigenvalue weighted by Crippen LogP contribution is 2.26. The van der Waals surface area contributed by atoms with Gasteiger partial charge in [0, 0.05) is 43.3 Å². The fraction of sp³-hybridized carbons (Fsp3) is 0.476. The maximum absolute atomic E-state index is 12.9. The molecular formula is C21H26N4O. The molecule has 2 aliphatic rings. The molecule has 1 aromatic carbocycles. The van der Waals surface area contributed by atoms with E-state index >= 15 is 0 Å². The minimum Gasteiger partial charge on any atom is -0.337 e. The summed E-state index contributed by atoms with van der Waals surface area (Å²) in [5.74, 6) is 0.141. The Morgan fingerprint density at radius 1 is 0.923 bits per heavy atom. The lowest BCUT2D eigenvalue weighted by Gasteiger charge is -2.36. The molecule has 0 spiro atoms. The van der Waals surface area contributed by atoms with Gasteiger partial charge in [-0.2, -0.15) is 10.2 Å². The first-order chi connectivity index (χ1) is 12.7. The van der Waals surface area contributed by atoms with Crippen LogP contribution in [0.5, 0.6) is 0 Å². The predicted octanol–water partition coefficient (Wildman–Crippen LogP) is 3.15. The topological polar surface area (TPSA) is 49.3 Å². The van der Waals surface area contributed by atoms with Crippen LogP contribution in [0.1, 0.15) is 41.7 Å². The molecule has 2 heterocycles. The smallest absolute Gasteiger partial charge is 0.253 e. The Kier molecular flexibility index (Phi) is 4.98. The molecule has 0 bridgehead atoms. The molecule has 1 saturated carbocycles. The molecule has 4 rings (SSSR count). The Morgan fingerprint density at radius 3 is 2.38 bits per heavy atom. The fourth-order valence-corrected chi connectivity index (χ4v) is 3.78. The van der Waals surface area contributed by atoms with Gasteiger partial charge in [-0.3, -0.25) is 9.69 Å². The van der Waals surface area contributed by atoms with E-state index in [4.69, 9.17) is 0 Å². The summed E-state index contributed by atoms with van der Waals surface area (Å²) in [6, 6.07) is 12.4. The average Bonchev–Trinajstić information content (AvgIpc) is 2.87. The van der Waals surface area contributed by atoms with Crippen molar-refractivity contribution >= 4 is 5.91 Å². The molecule has 2 fully saturated rings. The van der Waals surface area contributed by atoms with Crippen LogP contribution in [0, 0.1) is 6.92 Å². The predicted molar refractivity (Wildman–Crippen MR) is 102 cm³/mol. The first-order valence-electron chi connectivity index (χ1n) is 9.65. The van der Waals surface area contributed by atoms with Gasteiger partial charge in [-0.25, -0.2) is 0 Å². The third-order valence-corrected chi connectivity index (χ3v) is 5.63. The maximum atomic E-state index is 12.9. The summed E-state index contributed by atoms with van der Waals surface area (Å²) in [5, 5.41) is 8.31. The molecule has 0 atom stereocenters. The Morgan fingerprint density at radius 2 is 1.73 bits per heavy atom. The normalized spacial score (nSPS) is 19.0. The van der Waals surface area contributed by atoms with Crippen LogP contribution >= 0.6 is 0 Å². The van der Waals surface area contributed by atoms with Gasteiger partial charge in [0.2, 0.25) is 0 Å². The molecule has 1 aliphatic carbocycles. The zero-order chi connectivity index (χ0) is 17.9. The van der Waals surface area contributed by atoms with Crippen molar-refractivity contribution in [1.82, 2.24) is 20.0 Å². The standard InChI is InChI=1S/C21H26N4O/c1-16-6-11-20(23-22-16)17-7-9-18(10-8-17)21(26)25-13-3-12-24(14-15-25)19-4-2-5-19/h6-11,19H,2-5,12-15H2,1H3. The van der Waals surface area contributed by atoms with E-state index in [2.05, 4.69) is 15.1 Å². The van der Waals surface area contributed by atoms with Gasteiger partial charge in [-0.05, 0) is 50.5 Å². The minimum absolute atomic E-state index is 0.141. The Balaban J connectivity index is 1.42. The monoisotopic (exact) mass is 350 g/mol. The molecule has 1 aliphatic heterocycles. The number of hydrogen-bond donors (Lipinski definition) is 0. The van der Waals surface area contributed by atoms with E-state index in [-0.39, 0.29) is 5.91 Å². The molecule has 5 heteroatoms. The van der Waals surface area contributed by atoms with Crippen LogP contribution in [0.15, 0.2) is 36.4 Å². The molecule has 136 valence electrons. The molecule has 5 nitrogen and oxygen atoms in total. The largest absolute Gasteiger partial charge is 0.337 e. The number of nitrogens with zero attached hydrogens (tertiary/aromatic N) is 4. The number of carbonyl (C=O) groups is 1. The summed E-state index contributed by atoms with van der Waals surface area (Å²) in [6.45, 7) is 5.74. The second-order valence-electron chi connectivity index (χ2n) is 7.40. The number of hydrogen-bond acceptors (Lipinski definition) is 4. The van der Waals surface area contributed by atoms with Gasteiger partial charge in [-0.15, -0.1) is 0 Å². The van der Waals surface area contributed by atoms with E-state index in [1.165, 1.54) is 19.3 Å². The highest BCUT2D eigenvalue weighted by atomic mass is 16.2. The summed E-state index contributed by atoms with van der Waals surface area (Å²) in [5.41, 5.74) is 3.48. The van der Waals surface area contributed by atoms with Crippen molar-refractivity contribution in [1.29, 1.82) is 0 Å². The number of amides is 1. The molecule has 0 unspecified atom stereocenters. The molecule has 2 aromatic rings. The van der Waals surface area contributed by atoms with Crippen molar-refractivity contribution in [3.05, 3.63) is 47.7 Å². The van der Waals surface area contributed by atoms with E-state index in [9.17, 15) is 4.79 Å². The SMILES string of the molecule is Cc1ccc(-c2ccc(C(=O)N3CCCN(C4CCC4)CC3)cc2)nn1. The van der Waals surface area contributed by atoms with E-state index in [0.717, 1.165) is 61.2 Å². The lowest BCUT2D eigenvalue weighted by atomic mass is 9.91. The lowest BCUT2D eigenvalue weighted by Crippen LogP contribution is -2.42. The number of carbonyl (C=O) groups excluding carboxylic acids is 1. The minimum atomic E-state index is 0.141. The highest BCUT2D eigenvalue weighted by molar-refractivity contribution is 5.94. The van der Waals surface area contributed by atoms with E-state index in [1.807, 2.05) is 48.2 Å². The van der Waals surface area contributed by atoms with Gasteiger partial charge < -0.3 is 4.90 Å². The maximum Gasteiger partial charge on any atom is 0.253 e. The highest BCUT2D eigenvalue weighted by Gasteiger charge is 2.27. The Hall–Kier alpha value is -2.27. The van der Waals surface area contributed by atoms with Crippen molar-refractivity contribution in [2.75, 3.05) is 26.2 Å². The van der Waals surface area contributed by atoms with Gasteiger partial charge in [0.15, 0.2) is 0 Å². The van der Waals surface area contributed by atoms with Crippen LogP contribution in [-0.4, -0.2) is 58.1 Å². The molecular weight excluding hydrogens is 324 g/mol. The van der Waals surface area contributed by atoms with Gasteiger partial charge in [-0.1, -0.05) is 18.6 Å². The molecule has 0 N–H and O–H groups in total. The summed E-state index contributed by atoms with van der Waals surface area (Å²) in [7, 11) is 0. The fourth-order valence-electron chi connectivity index (χ4n) is 3.78. The second-order valence-corrected chi connectivity index (χ2v) is 7.40. The van der Waals surface area contributed by atoms with Crippen LogP contribution in [0.4, 0.5) is 0 Å².